The SMILES string of the molecule is CC1SCCN(c2ccc(N)c(C(F)(F)F)c2)C1C. The third-order valence-corrected chi connectivity index (χ3v) is 4.90. The van der Waals surface area contributed by atoms with Crippen LogP contribution in [0.15, 0.2) is 18.2 Å². The number of nitrogens with two attached hydrogens (primary N) is 1. The average molecular weight is 290 g/mol. The van der Waals surface area contributed by atoms with Gasteiger partial charge in [-0.25, -0.2) is 0 Å². The van der Waals surface area contributed by atoms with E-state index in [-0.39, 0.29) is 11.7 Å². The molecule has 19 heavy (non-hydrogen) atoms. The van der Waals surface area contributed by atoms with E-state index in [1.165, 1.54) is 6.07 Å². The second-order valence-electron chi connectivity index (χ2n) is 4.78. The predicted octanol–water partition coefficient (Wildman–Crippen LogP) is 3.62. The molecule has 0 amide bonds. The van der Waals surface area contributed by atoms with Gasteiger partial charge in [0.25, 0.3) is 0 Å². The van der Waals surface area contributed by atoms with Crippen molar-refractivity contribution < 1.29 is 13.2 Å². The highest BCUT2D eigenvalue weighted by atomic mass is 32.2. The monoisotopic (exact) mass is 290 g/mol. The van der Waals surface area contributed by atoms with Gasteiger partial charge in [0, 0.05) is 35.0 Å². The minimum atomic E-state index is -4.40. The second-order valence-corrected chi connectivity index (χ2v) is 6.26. The summed E-state index contributed by atoms with van der Waals surface area (Å²) < 4.78 is 38.6. The van der Waals surface area contributed by atoms with Gasteiger partial charge >= 0.3 is 6.18 Å². The zero-order valence-corrected chi connectivity index (χ0v) is 11.7. The van der Waals surface area contributed by atoms with Crippen molar-refractivity contribution in [1.29, 1.82) is 0 Å². The highest BCUT2D eigenvalue weighted by Gasteiger charge is 2.34. The van der Waals surface area contributed by atoms with Gasteiger partial charge < -0.3 is 10.6 Å². The third kappa shape index (κ3) is 2.94. The molecule has 2 rings (SSSR count). The highest BCUT2D eigenvalue weighted by molar-refractivity contribution is 8.00. The van der Waals surface area contributed by atoms with E-state index in [4.69, 9.17) is 5.73 Å². The Bertz CT molecular complexity index is 462. The molecule has 1 fully saturated rings. The van der Waals surface area contributed by atoms with E-state index in [1.54, 1.807) is 6.07 Å². The Morgan fingerprint density at radius 3 is 2.63 bits per heavy atom. The number of halogens is 3. The Morgan fingerprint density at radius 2 is 2.00 bits per heavy atom. The third-order valence-electron chi connectivity index (χ3n) is 3.56. The number of alkyl halides is 3. The molecule has 1 aromatic rings. The Kier molecular flexibility index (Phi) is 3.90. The van der Waals surface area contributed by atoms with Crippen molar-refractivity contribution in [2.75, 3.05) is 22.9 Å². The minimum Gasteiger partial charge on any atom is -0.398 e. The number of hydrogen-bond donors (Lipinski definition) is 1. The zero-order valence-electron chi connectivity index (χ0n) is 10.9. The largest absolute Gasteiger partial charge is 0.418 e. The van der Waals surface area contributed by atoms with Crippen LogP contribution in [0.2, 0.25) is 0 Å². The molecule has 6 heteroatoms. The highest BCUT2D eigenvalue weighted by Crippen LogP contribution is 2.37. The zero-order chi connectivity index (χ0) is 14.2. The van der Waals surface area contributed by atoms with E-state index in [0.717, 1.165) is 18.4 Å². The molecular formula is C13H17F3N2S. The van der Waals surface area contributed by atoms with Crippen LogP contribution in [0.5, 0.6) is 0 Å². The fourth-order valence-electron chi connectivity index (χ4n) is 2.27. The molecule has 0 radical (unpaired) electrons. The molecule has 1 aliphatic rings. The number of benzene rings is 1. The molecule has 1 aliphatic heterocycles. The van der Waals surface area contributed by atoms with Crippen LogP contribution in [0.3, 0.4) is 0 Å². The van der Waals surface area contributed by atoms with Gasteiger partial charge in [-0.3, -0.25) is 0 Å². The summed E-state index contributed by atoms with van der Waals surface area (Å²) in [5.41, 5.74) is 5.06. The number of thioether (sulfide) groups is 1. The Labute approximate surface area is 115 Å². The van der Waals surface area contributed by atoms with Crippen LogP contribution in [-0.4, -0.2) is 23.6 Å². The first-order chi connectivity index (χ1) is 8.80. The van der Waals surface area contributed by atoms with Crippen molar-refractivity contribution in [3.63, 3.8) is 0 Å². The van der Waals surface area contributed by atoms with Crippen LogP contribution in [0.25, 0.3) is 0 Å². The Balaban J connectivity index is 2.35. The van der Waals surface area contributed by atoms with Gasteiger partial charge in [-0.1, -0.05) is 6.92 Å². The van der Waals surface area contributed by atoms with Gasteiger partial charge in [-0.2, -0.15) is 24.9 Å². The Morgan fingerprint density at radius 1 is 1.32 bits per heavy atom. The first kappa shape index (κ1) is 14.4. The number of rotatable bonds is 1. The second kappa shape index (κ2) is 5.15. The smallest absolute Gasteiger partial charge is 0.398 e. The summed E-state index contributed by atoms with van der Waals surface area (Å²) >= 11 is 1.85. The van der Waals surface area contributed by atoms with Gasteiger partial charge in [0.1, 0.15) is 0 Å². The molecule has 0 saturated carbocycles. The number of hydrogen-bond acceptors (Lipinski definition) is 3. The molecule has 2 nitrogen and oxygen atoms in total. The van der Waals surface area contributed by atoms with Crippen LogP contribution >= 0.6 is 11.8 Å². The lowest BCUT2D eigenvalue weighted by Gasteiger charge is -2.39. The molecule has 0 aliphatic carbocycles. The first-order valence-electron chi connectivity index (χ1n) is 6.15. The van der Waals surface area contributed by atoms with Crippen molar-refractivity contribution in [2.45, 2.75) is 31.3 Å². The molecule has 2 atom stereocenters. The molecule has 1 aromatic carbocycles. The van der Waals surface area contributed by atoms with Crippen molar-refractivity contribution in [2.24, 2.45) is 0 Å². The van der Waals surface area contributed by atoms with Crippen LogP contribution < -0.4 is 10.6 Å². The predicted molar refractivity (Wildman–Crippen MR) is 74.6 cm³/mol. The average Bonchev–Trinajstić information content (AvgIpc) is 2.32. The summed E-state index contributed by atoms with van der Waals surface area (Å²) in [6.07, 6.45) is -4.40. The van der Waals surface area contributed by atoms with Crippen LogP contribution in [-0.2, 0) is 6.18 Å². The molecule has 2 unspecified atom stereocenters. The summed E-state index contributed by atoms with van der Waals surface area (Å²) in [5, 5.41) is 0.403. The van der Waals surface area contributed by atoms with E-state index >= 15 is 0 Å². The Hall–Kier alpha value is -1.04. The first-order valence-corrected chi connectivity index (χ1v) is 7.20. The standard InChI is InChI=1S/C13H17F3N2S/c1-8-9(2)19-6-5-18(8)10-3-4-12(17)11(7-10)13(14,15)16/h3-4,7-9H,5-6,17H2,1-2H3. The van der Waals surface area contributed by atoms with E-state index < -0.39 is 11.7 Å². The van der Waals surface area contributed by atoms with Gasteiger partial charge in [0.15, 0.2) is 0 Å². The number of nitrogens with zero attached hydrogens (tertiary/aromatic N) is 1. The number of anilines is 2. The van der Waals surface area contributed by atoms with E-state index in [2.05, 4.69) is 6.92 Å². The molecule has 2 N–H and O–H groups in total. The quantitative estimate of drug-likeness (QED) is 0.801. The fraction of sp³-hybridized carbons (Fsp3) is 0.538. The molecular weight excluding hydrogens is 273 g/mol. The summed E-state index contributed by atoms with van der Waals surface area (Å²) in [4.78, 5) is 2.02. The van der Waals surface area contributed by atoms with Crippen molar-refractivity contribution in [1.82, 2.24) is 0 Å². The maximum atomic E-state index is 12.9. The normalized spacial score (nSPS) is 24.6. The van der Waals surface area contributed by atoms with Gasteiger partial charge in [0.2, 0.25) is 0 Å². The molecule has 0 bridgehead atoms. The molecule has 106 valence electrons. The minimum absolute atomic E-state index is 0.212. The van der Waals surface area contributed by atoms with E-state index in [9.17, 15) is 13.2 Å². The lowest BCUT2D eigenvalue weighted by molar-refractivity contribution is -0.136. The van der Waals surface area contributed by atoms with Crippen LogP contribution in [0, 0.1) is 0 Å². The maximum absolute atomic E-state index is 12.9. The summed E-state index contributed by atoms with van der Waals surface area (Å²) in [6, 6.07) is 4.39. The van der Waals surface area contributed by atoms with Crippen molar-refractivity contribution in [3.05, 3.63) is 23.8 Å². The van der Waals surface area contributed by atoms with Gasteiger partial charge in [-0.15, -0.1) is 0 Å². The van der Waals surface area contributed by atoms with Gasteiger partial charge in [-0.05, 0) is 25.1 Å². The lowest BCUT2D eigenvalue weighted by Crippen LogP contribution is -2.44. The summed E-state index contributed by atoms with van der Waals surface area (Å²) in [5.74, 6) is 0.928. The fourth-order valence-corrected chi connectivity index (χ4v) is 3.37. The van der Waals surface area contributed by atoms with Crippen LogP contribution in [0.1, 0.15) is 19.4 Å². The van der Waals surface area contributed by atoms with E-state index in [0.29, 0.717) is 10.9 Å². The molecule has 1 saturated heterocycles. The van der Waals surface area contributed by atoms with E-state index in [1.807, 2.05) is 23.6 Å². The molecule has 1 heterocycles. The summed E-state index contributed by atoms with van der Waals surface area (Å²) in [6.45, 7) is 4.90. The van der Waals surface area contributed by atoms with Gasteiger partial charge in [0.05, 0.1) is 5.56 Å². The summed E-state index contributed by atoms with van der Waals surface area (Å²) in [7, 11) is 0. The molecule has 0 spiro atoms. The number of nitrogen functional groups attached to an aromatic ring is 1. The molecule has 0 aromatic heterocycles. The van der Waals surface area contributed by atoms with Crippen LogP contribution in [0.4, 0.5) is 24.5 Å². The van der Waals surface area contributed by atoms with Crippen molar-refractivity contribution >= 4 is 23.1 Å². The maximum Gasteiger partial charge on any atom is 0.418 e. The topological polar surface area (TPSA) is 29.3 Å². The lowest BCUT2D eigenvalue weighted by atomic mass is 10.1. The van der Waals surface area contributed by atoms with Crippen molar-refractivity contribution in [3.8, 4) is 0 Å².